The number of aromatic carboxylic acids is 1. The third kappa shape index (κ3) is 3.80. The molecule has 2 aromatic rings. The number of hydrogen-bond acceptors (Lipinski definition) is 4. The van der Waals surface area contributed by atoms with E-state index in [1.165, 1.54) is 23.0 Å². The van der Waals surface area contributed by atoms with E-state index >= 15 is 0 Å². The van der Waals surface area contributed by atoms with Crippen LogP contribution in [0.1, 0.15) is 15.9 Å². The third-order valence-electron chi connectivity index (χ3n) is 2.40. The Morgan fingerprint density at radius 2 is 2.11 bits per heavy atom. The third-order valence-corrected chi connectivity index (χ3v) is 3.96. The Bertz CT molecular complexity index is 563. The van der Waals surface area contributed by atoms with Crippen LogP contribution < -0.4 is 10.6 Å². The summed E-state index contributed by atoms with van der Waals surface area (Å²) in [6.45, 7) is 0.510. The van der Waals surface area contributed by atoms with Gasteiger partial charge in [0.2, 0.25) is 0 Å². The smallest absolute Gasteiger partial charge is 0.338 e. The lowest BCUT2D eigenvalue weighted by atomic mass is 10.2. The summed E-state index contributed by atoms with van der Waals surface area (Å²) in [4.78, 5) is 22.5. The number of amides is 2. The van der Waals surface area contributed by atoms with Gasteiger partial charge in [0.15, 0.2) is 0 Å². The summed E-state index contributed by atoms with van der Waals surface area (Å²) >= 11 is 2.80. The summed E-state index contributed by atoms with van der Waals surface area (Å²) in [6, 6.07) is 3.08. The van der Waals surface area contributed by atoms with E-state index in [2.05, 4.69) is 10.6 Å². The average Bonchev–Trinajstić information content (AvgIpc) is 2.99. The fourth-order valence-electron chi connectivity index (χ4n) is 1.48. The van der Waals surface area contributed by atoms with Crippen molar-refractivity contribution in [3.05, 3.63) is 39.4 Å². The van der Waals surface area contributed by atoms with E-state index in [0.717, 1.165) is 6.42 Å². The molecule has 0 saturated heterocycles. The van der Waals surface area contributed by atoms with Gasteiger partial charge in [-0.05, 0) is 40.3 Å². The molecule has 0 atom stereocenters. The highest BCUT2D eigenvalue weighted by molar-refractivity contribution is 7.14. The first-order valence-electron chi connectivity index (χ1n) is 5.53. The highest BCUT2D eigenvalue weighted by Crippen LogP contribution is 2.22. The number of urea groups is 1. The highest BCUT2D eigenvalue weighted by Gasteiger charge is 2.13. The highest BCUT2D eigenvalue weighted by atomic mass is 32.1. The van der Waals surface area contributed by atoms with Gasteiger partial charge < -0.3 is 10.4 Å². The summed E-state index contributed by atoms with van der Waals surface area (Å²) in [5, 5.41) is 20.1. The van der Waals surface area contributed by atoms with Gasteiger partial charge in [-0.3, -0.25) is 5.32 Å². The van der Waals surface area contributed by atoms with Crippen LogP contribution in [0.2, 0.25) is 0 Å². The number of carbonyl (C=O) groups is 2. The average molecular weight is 296 g/mol. The molecule has 19 heavy (non-hydrogen) atoms. The molecule has 100 valence electrons. The molecule has 0 saturated carbocycles. The molecule has 3 N–H and O–H groups in total. The summed E-state index contributed by atoms with van der Waals surface area (Å²) in [5.74, 6) is -1.05. The SMILES string of the molecule is O=C(NCCc1ccsc1)Nc1sccc1C(=O)O. The summed E-state index contributed by atoms with van der Waals surface area (Å²) in [6.07, 6.45) is 0.757. The maximum atomic E-state index is 11.6. The number of hydrogen-bond donors (Lipinski definition) is 3. The minimum Gasteiger partial charge on any atom is -0.478 e. The van der Waals surface area contributed by atoms with E-state index in [1.54, 1.807) is 16.7 Å². The number of carboxylic acids is 1. The van der Waals surface area contributed by atoms with E-state index in [4.69, 9.17) is 5.11 Å². The van der Waals surface area contributed by atoms with Crippen LogP contribution in [0, 0.1) is 0 Å². The van der Waals surface area contributed by atoms with Gasteiger partial charge in [-0.25, -0.2) is 9.59 Å². The molecule has 2 rings (SSSR count). The number of thiophene rings is 2. The molecule has 0 fully saturated rings. The fourth-order valence-corrected chi connectivity index (χ4v) is 2.95. The van der Waals surface area contributed by atoms with Crippen molar-refractivity contribution in [2.75, 3.05) is 11.9 Å². The van der Waals surface area contributed by atoms with Gasteiger partial charge >= 0.3 is 12.0 Å². The van der Waals surface area contributed by atoms with Gasteiger partial charge in [0.25, 0.3) is 0 Å². The number of carboxylic acid groups (broad SMARTS) is 1. The standard InChI is InChI=1S/C12H12N2O3S2/c15-11(16)9-3-6-19-10(9)14-12(17)13-4-1-8-2-5-18-7-8/h2-3,5-7H,1,4H2,(H,15,16)(H2,13,14,17). The lowest BCUT2D eigenvalue weighted by Crippen LogP contribution is -2.30. The van der Waals surface area contributed by atoms with E-state index in [-0.39, 0.29) is 11.6 Å². The van der Waals surface area contributed by atoms with Crippen molar-refractivity contribution in [1.29, 1.82) is 0 Å². The second kappa shape index (κ2) is 6.35. The zero-order valence-corrected chi connectivity index (χ0v) is 11.5. The van der Waals surface area contributed by atoms with Crippen molar-refractivity contribution in [3.8, 4) is 0 Å². The molecule has 0 bridgehead atoms. The lowest BCUT2D eigenvalue weighted by molar-refractivity contribution is 0.0698. The van der Waals surface area contributed by atoms with Crippen LogP contribution in [0.3, 0.4) is 0 Å². The summed E-state index contributed by atoms with van der Waals surface area (Å²) in [7, 11) is 0. The Kier molecular flexibility index (Phi) is 4.53. The van der Waals surface area contributed by atoms with E-state index < -0.39 is 5.97 Å². The van der Waals surface area contributed by atoms with Crippen molar-refractivity contribution < 1.29 is 14.7 Å². The van der Waals surface area contributed by atoms with E-state index in [0.29, 0.717) is 11.5 Å². The van der Waals surface area contributed by atoms with Crippen LogP contribution >= 0.6 is 22.7 Å². The Labute approximate surface area is 117 Å². The number of carbonyl (C=O) groups excluding carboxylic acids is 1. The largest absolute Gasteiger partial charge is 0.478 e. The zero-order valence-electron chi connectivity index (χ0n) is 9.88. The summed E-state index contributed by atoms with van der Waals surface area (Å²) in [5.41, 5.74) is 1.28. The molecular formula is C12H12N2O3S2. The predicted octanol–water partition coefficient (Wildman–Crippen LogP) is 2.87. The van der Waals surface area contributed by atoms with Gasteiger partial charge in [-0.2, -0.15) is 11.3 Å². The molecule has 2 amide bonds. The second-order valence-corrected chi connectivity index (χ2v) is 5.43. The van der Waals surface area contributed by atoms with Crippen LogP contribution in [0.5, 0.6) is 0 Å². The van der Waals surface area contributed by atoms with Crippen LogP contribution in [0.4, 0.5) is 9.80 Å². The van der Waals surface area contributed by atoms with Crippen LogP contribution in [-0.4, -0.2) is 23.7 Å². The molecule has 0 aliphatic heterocycles. The van der Waals surface area contributed by atoms with Gasteiger partial charge in [0.1, 0.15) is 5.00 Å². The van der Waals surface area contributed by atoms with Gasteiger partial charge in [0, 0.05) is 6.54 Å². The minimum absolute atomic E-state index is 0.109. The number of anilines is 1. The van der Waals surface area contributed by atoms with Crippen molar-refractivity contribution in [2.45, 2.75) is 6.42 Å². The fraction of sp³-hybridized carbons (Fsp3) is 0.167. The molecule has 2 aromatic heterocycles. The first kappa shape index (κ1) is 13.6. The number of rotatable bonds is 5. The zero-order chi connectivity index (χ0) is 13.7. The van der Waals surface area contributed by atoms with Crippen LogP contribution in [0.25, 0.3) is 0 Å². The lowest BCUT2D eigenvalue weighted by Gasteiger charge is -2.06. The molecule has 0 aliphatic rings. The van der Waals surface area contributed by atoms with Crippen molar-refractivity contribution >= 4 is 39.7 Å². The normalized spacial score (nSPS) is 10.1. The van der Waals surface area contributed by atoms with Gasteiger partial charge in [-0.1, -0.05) is 0 Å². The molecule has 0 aliphatic carbocycles. The first-order valence-corrected chi connectivity index (χ1v) is 7.36. The van der Waals surface area contributed by atoms with Crippen LogP contribution in [-0.2, 0) is 6.42 Å². The topological polar surface area (TPSA) is 78.4 Å². The molecule has 2 heterocycles. The maximum Gasteiger partial charge on any atom is 0.338 e. The molecule has 0 radical (unpaired) electrons. The molecule has 0 spiro atoms. The molecular weight excluding hydrogens is 284 g/mol. The maximum absolute atomic E-state index is 11.6. The van der Waals surface area contributed by atoms with Crippen molar-refractivity contribution in [2.24, 2.45) is 0 Å². The second-order valence-electron chi connectivity index (χ2n) is 3.73. The Hall–Kier alpha value is -1.86. The molecule has 7 heteroatoms. The van der Waals surface area contributed by atoms with E-state index in [9.17, 15) is 9.59 Å². The summed E-state index contributed by atoms with van der Waals surface area (Å²) < 4.78 is 0. The van der Waals surface area contributed by atoms with E-state index in [1.807, 2.05) is 16.8 Å². The van der Waals surface area contributed by atoms with Gasteiger partial charge in [-0.15, -0.1) is 11.3 Å². The number of nitrogens with one attached hydrogen (secondary N) is 2. The minimum atomic E-state index is -1.05. The Morgan fingerprint density at radius 3 is 2.79 bits per heavy atom. The van der Waals surface area contributed by atoms with Crippen LogP contribution in [0.15, 0.2) is 28.3 Å². The molecule has 0 unspecified atom stereocenters. The predicted molar refractivity (Wildman–Crippen MR) is 76.3 cm³/mol. The first-order chi connectivity index (χ1) is 9.16. The Morgan fingerprint density at radius 1 is 1.26 bits per heavy atom. The van der Waals surface area contributed by atoms with Crippen molar-refractivity contribution in [1.82, 2.24) is 5.32 Å². The van der Waals surface area contributed by atoms with Gasteiger partial charge in [0.05, 0.1) is 5.56 Å². The molecule has 0 aromatic carbocycles. The monoisotopic (exact) mass is 296 g/mol. The molecule has 5 nitrogen and oxygen atoms in total. The van der Waals surface area contributed by atoms with Crippen molar-refractivity contribution in [3.63, 3.8) is 0 Å². The quantitative estimate of drug-likeness (QED) is 0.794. The Balaban J connectivity index is 1.81.